The van der Waals surface area contributed by atoms with Gasteiger partial charge in [-0.2, -0.15) is 0 Å². The van der Waals surface area contributed by atoms with Crippen molar-refractivity contribution in [3.63, 3.8) is 0 Å². The highest BCUT2D eigenvalue weighted by Gasteiger charge is 2.30. The number of carbonyl (C=O) groups is 3. The Labute approximate surface area is 227 Å². The summed E-state index contributed by atoms with van der Waals surface area (Å²) in [6, 6.07) is 15.4. The Kier molecular flexibility index (Phi) is 8.10. The first-order valence-electron chi connectivity index (χ1n) is 13.5. The molecule has 10 heteroatoms. The van der Waals surface area contributed by atoms with E-state index in [4.69, 9.17) is 4.42 Å². The third-order valence-corrected chi connectivity index (χ3v) is 6.99. The van der Waals surface area contributed by atoms with E-state index >= 15 is 0 Å². The topological polar surface area (TPSA) is 119 Å². The normalized spacial score (nSPS) is 18.2. The average Bonchev–Trinajstić information content (AvgIpc) is 3.55. The molecule has 39 heavy (non-hydrogen) atoms. The molecule has 4 amide bonds. The molecule has 2 aromatic carbocycles. The molecule has 0 spiro atoms. The van der Waals surface area contributed by atoms with Crippen LogP contribution in [0.1, 0.15) is 37.9 Å². The van der Waals surface area contributed by atoms with Crippen molar-refractivity contribution < 1.29 is 18.8 Å². The first-order valence-corrected chi connectivity index (χ1v) is 13.5. The Morgan fingerprint density at radius 1 is 0.949 bits per heavy atom. The van der Waals surface area contributed by atoms with Gasteiger partial charge in [-0.15, -0.1) is 0 Å². The molecule has 0 radical (unpaired) electrons. The second-order valence-corrected chi connectivity index (χ2v) is 10.0. The Morgan fingerprint density at radius 2 is 1.72 bits per heavy atom. The maximum absolute atomic E-state index is 13.5. The molecule has 0 aliphatic carbocycles. The molecule has 2 aliphatic heterocycles. The first kappa shape index (κ1) is 26.3. The molecular weight excluding hydrogens is 496 g/mol. The van der Waals surface area contributed by atoms with E-state index in [-0.39, 0.29) is 24.3 Å². The molecule has 2 fully saturated rings. The number of hydrogen-bond acceptors (Lipinski definition) is 5. The molecule has 1 aromatic heterocycles. The second kappa shape index (κ2) is 12.0. The molecule has 5 rings (SSSR count). The SMILES string of the molecule is Cc1cc2cc(NC(=N[C@H]3CCCCN(CC(=O)N4CCCC4)C3=O)NC(=O)Nc3ccccc3)ccc2o1. The van der Waals surface area contributed by atoms with Gasteiger partial charge in [-0.25, -0.2) is 9.79 Å². The minimum absolute atomic E-state index is 0.0205. The largest absolute Gasteiger partial charge is 0.461 e. The number of likely N-dealkylation sites (tertiary alicyclic amines) is 2. The summed E-state index contributed by atoms with van der Waals surface area (Å²) < 4.78 is 5.67. The number of carbonyl (C=O) groups excluding carboxylic acids is 3. The zero-order valence-electron chi connectivity index (χ0n) is 22.1. The molecule has 3 heterocycles. The molecule has 1 atom stereocenters. The molecule has 2 saturated heterocycles. The highest BCUT2D eigenvalue weighted by atomic mass is 16.3. The van der Waals surface area contributed by atoms with Gasteiger partial charge in [0.25, 0.3) is 0 Å². The predicted octanol–water partition coefficient (Wildman–Crippen LogP) is 4.33. The number of guanidine groups is 1. The van der Waals surface area contributed by atoms with Crippen LogP contribution >= 0.6 is 0 Å². The van der Waals surface area contributed by atoms with Crippen LogP contribution in [0.25, 0.3) is 11.0 Å². The van der Waals surface area contributed by atoms with Gasteiger partial charge in [0, 0.05) is 36.4 Å². The summed E-state index contributed by atoms with van der Waals surface area (Å²) >= 11 is 0. The third kappa shape index (κ3) is 6.76. The molecule has 0 unspecified atom stereocenters. The van der Waals surface area contributed by atoms with Gasteiger partial charge in [-0.1, -0.05) is 18.2 Å². The predicted molar refractivity (Wildman–Crippen MR) is 151 cm³/mol. The molecular formula is C29H34N6O4. The number of fused-ring (bicyclic) bond motifs is 1. The lowest BCUT2D eigenvalue weighted by Crippen LogP contribution is -2.46. The number of amides is 4. The fraction of sp³-hybridized carbons (Fsp3) is 0.379. The lowest BCUT2D eigenvalue weighted by molar-refractivity contribution is -0.140. The van der Waals surface area contributed by atoms with E-state index in [1.807, 2.05) is 54.3 Å². The van der Waals surface area contributed by atoms with Gasteiger partial charge in [0.15, 0.2) is 0 Å². The molecule has 0 saturated carbocycles. The van der Waals surface area contributed by atoms with Crippen LogP contribution in [0.2, 0.25) is 0 Å². The standard InChI is InChI=1S/C29H34N6O4/c1-20-17-21-18-23(12-13-25(21)39-20)30-28(33-29(38)31-22-9-3-2-4-10-22)32-24-11-5-6-16-35(27(24)37)19-26(36)34-14-7-8-15-34/h2-4,9-10,12-13,17-18,24H,5-8,11,14-16,19H2,1H3,(H3,30,31,32,33,38)/t24-/m0/s1. The Balaban J connectivity index is 1.36. The maximum Gasteiger partial charge on any atom is 0.325 e. The number of aryl methyl sites for hydroxylation is 1. The van der Waals surface area contributed by atoms with Crippen molar-refractivity contribution in [1.29, 1.82) is 0 Å². The minimum atomic E-state index is -0.724. The second-order valence-electron chi connectivity index (χ2n) is 10.0. The van der Waals surface area contributed by atoms with E-state index < -0.39 is 12.1 Å². The third-order valence-electron chi connectivity index (χ3n) is 6.99. The number of urea groups is 1. The van der Waals surface area contributed by atoms with Gasteiger partial charge < -0.3 is 24.9 Å². The monoisotopic (exact) mass is 530 g/mol. The van der Waals surface area contributed by atoms with Crippen LogP contribution in [-0.4, -0.2) is 65.8 Å². The van der Waals surface area contributed by atoms with E-state index in [1.54, 1.807) is 17.0 Å². The van der Waals surface area contributed by atoms with E-state index in [0.29, 0.717) is 24.3 Å². The van der Waals surface area contributed by atoms with Gasteiger partial charge >= 0.3 is 6.03 Å². The lowest BCUT2D eigenvalue weighted by atomic mass is 10.1. The van der Waals surface area contributed by atoms with Crippen LogP contribution in [0.4, 0.5) is 16.2 Å². The van der Waals surface area contributed by atoms with E-state index in [1.165, 1.54) is 0 Å². The van der Waals surface area contributed by atoms with E-state index in [9.17, 15) is 14.4 Å². The van der Waals surface area contributed by atoms with Gasteiger partial charge in [-0.3, -0.25) is 14.9 Å². The van der Waals surface area contributed by atoms with E-state index in [2.05, 4.69) is 20.9 Å². The fourth-order valence-corrected chi connectivity index (χ4v) is 5.02. The number of nitrogens with zero attached hydrogens (tertiary/aromatic N) is 3. The molecule has 2 aliphatic rings. The van der Waals surface area contributed by atoms with Crippen LogP contribution in [-0.2, 0) is 9.59 Å². The first-order chi connectivity index (χ1) is 18.9. The summed E-state index contributed by atoms with van der Waals surface area (Å²) in [5, 5.41) is 9.64. The van der Waals surface area contributed by atoms with Crippen molar-refractivity contribution in [3.8, 4) is 0 Å². The Hall–Kier alpha value is -4.34. The van der Waals surface area contributed by atoms with Crippen molar-refractivity contribution in [2.24, 2.45) is 4.99 Å². The number of hydrogen-bond donors (Lipinski definition) is 3. The number of para-hydroxylation sites is 1. The summed E-state index contributed by atoms with van der Waals surface area (Å²) in [5.74, 6) is 0.719. The number of furan rings is 1. The van der Waals surface area contributed by atoms with Gasteiger partial charge in [0.1, 0.15) is 17.4 Å². The van der Waals surface area contributed by atoms with Gasteiger partial charge in [-0.05, 0) is 75.4 Å². The van der Waals surface area contributed by atoms with Crippen LogP contribution in [0.5, 0.6) is 0 Å². The van der Waals surface area contributed by atoms with Crippen molar-refractivity contribution in [3.05, 3.63) is 60.4 Å². The van der Waals surface area contributed by atoms with Gasteiger partial charge in [0.05, 0.1) is 6.54 Å². The van der Waals surface area contributed by atoms with Crippen molar-refractivity contribution in [2.75, 3.05) is 36.8 Å². The summed E-state index contributed by atoms with van der Waals surface area (Å²) in [5.41, 5.74) is 2.06. The zero-order valence-corrected chi connectivity index (χ0v) is 22.1. The van der Waals surface area contributed by atoms with Crippen molar-refractivity contribution in [1.82, 2.24) is 15.1 Å². The zero-order chi connectivity index (χ0) is 27.2. The number of anilines is 2. The summed E-state index contributed by atoms with van der Waals surface area (Å²) in [4.78, 5) is 47.3. The van der Waals surface area contributed by atoms with Crippen LogP contribution < -0.4 is 16.0 Å². The molecule has 204 valence electrons. The summed E-state index contributed by atoms with van der Waals surface area (Å²) in [6.45, 7) is 3.96. The maximum atomic E-state index is 13.5. The van der Waals surface area contributed by atoms with Crippen LogP contribution in [0.3, 0.4) is 0 Å². The number of aliphatic imine (C=N–C) groups is 1. The quantitative estimate of drug-likeness (QED) is 0.335. The molecule has 0 bridgehead atoms. The summed E-state index contributed by atoms with van der Waals surface area (Å²) in [6.07, 6.45) is 4.12. The van der Waals surface area contributed by atoms with Crippen LogP contribution in [0, 0.1) is 6.92 Å². The Bertz CT molecular complexity index is 1360. The smallest absolute Gasteiger partial charge is 0.325 e. The minimum Gasteiger partial charge on any atom is -0.461 e. The van der Waals surface area contributed by atoms with Gasteiger partial charge in [0.2, 0.25) is 17.8 Å². The highest BCUT2D eigenvalue weighted by molar-refractivity contribution is 6.08. The Morgan fingerprint density at radius 3 is 2.51 bits per heavy atom. The van der Waals surface area contributed by atoms with Crippen molar-refractivity contribution in [2.45, 2.75) is 45.1 Å². The summed E-state index contributed by atoms with van der Waals surface area (Å²) in [7, 11) is 0. The number of rotatable bonds is 5. The molecule has 10 nitrogen and oxygen atoms in total. The van der Waals surface area contributed by atoms with Crippen molar-refractivity contribution >= 4 is 46.1 Å². The molecule has 3 N–H and O–H groups in total. The highest BCUT2D eigenvalue weighted by Crippen LogP contribution is 2.23. The number of nitrogens with one attached hydrogen (secondary N) is 3. The molecule has 3 aromatic rings. The average molecular weight is 531 g/mol. The lowest BCUT2D eigenvalue weighted by Gasteiger charge is -2.25. The van der Waals surface area contributed by atoms with E-state index in [0.717, 1.165) is 55.5 Å². The fourth-order valence-electron chi connectivity index (χ4n) is 5.02. The van der Waals surface area contributed by atoms with Crippen LogP contribution in [0.15, 0.2) is 64.0 Å². The number of benzene rings is 2.